The number of thiophene rings is 1. The monoisotopic (exact) mass is 634 g/mol. The summed E-state index contributed by atoms with van der Waals surface area (Å²) in [5, 5.41) is 6.76. The molecule has 0 saturated heterocycles. The van der Waals surface area contributed by atoms with E-state index in [1.165, 1.54) is 97.8 Å². The van der Waals surface area contributed by atoms with Crippen molar-refractivity contribution < 1.29 is 0 Å². The Morgan fingerprint density at radius 1 is 0.792 bits per heavy atom. The summed E-state index contributed by atoms with van der Waals surface area (Å²) < 4.78 is 7.80. The maximum atomic E-state index is 3.94. The third-order valence-electron chi connectivity index (χ3n) is 10.6. The predicted molar refractivity (Wildman–Crippen MR) is 208 cm³/mol. The van der Waals surface area contributed by atoms with E-state index in [1.807, 2.05) is 17.4 Å². The van der Waals surface area contributed by atoms with Crippen LogP contribution in [0.15, 0.2) is 134 Å². The number of nitrogens with zero attached hydrogens (tertiary/aromatic N) is 2. The zero-order valence-electron chi connectivity index (χ0n) is 27.1. The fourth-order valence-corrected chi connectivity index (χ4v) is 9.89. The zero-order valence-corrected chi connectivity index (χ0v) is 27.9. The molecule has 1 unspecified atom stereocenters. The number of hydrogen-bond donors (Lipinski definition) is 0. The maximum absolute atomic E-state index is 3.94. The molecule has 0 bridgehead atoms. The lowest BCUT2D eigenvalue weighted by atomic mass is 9.88. The number of benzene rings is 5. The first-order valence-corrected chi connectivity index (χ1v) is 17.7. The molecule has 0 fully saturated rings. The Hall–Kier alpha value is -5.38. The Balaban J connectivity index is 1.45. The van der Waals surface area contributed by atoms with Gasteiger partial charge in [0, 0.05) is 43.0 Å². The van der Waals surface area contributed by atoms with Crippen LogP contribution in [-0.4, -0.2) is 9.13 Å². The van der Waals surface area contributed by atoms with E-state index in [0.29, 0.717) is 5.92 Å². The first kappa shape index (κ1) is 27.7. The molecule has 230 valence electrons. The Labute approximate surface area is 283 Å². The van der Waals surface area contributed by atoms with Gasteiger partial charge in [-0.2, -0.15) is 0 Å². The number of aromatic nitrogens is 2. The summed E-state index contributed by atoms with van der Waals surface area (Å²) in [6.45, 7) is 8.61. The Morgan fingerprint density at radius 3 is 2.44 bits per heavy atom. The van der Waals surface area contributed by atoms with E-state index in [2.05, 4.69) is 151 Å². The number of hydrogen-bond acceptors (Lipinski definition) is 1. The highest BCUT2D eigenvalue weighted by atomic mass is 32.1. The van der Waals surface area contributed by atoms with Gasteiger partial charge in [-0.05, 0) is 90.4 Å². The van der Waals surface area contributed by atoms with Crippen molar-refractivity contribution in [2.24, 2.45) is 0 Å². The third-order valence-corrected chi connectivity index (χ3v) is 11.8. The van der Waals surface area contributed by atoms with E-state index in [4.69, 9.17) is 0 Å². The van der Waals surface area contributed by atoms with Crippen molar-refractivity contribution in [2.45, 2.75) is 32.6 Å². The highest BCUT2D eigenvalue weighted by Crippen LogP contribution is 2.53. The molecule has 2 aliphatic rings. The van der Waals surface area contributed by atoms with Crippen LogP contribution in [0.3, 0.4) is 0 Å². The smallest absolute Gasteiger partial charge is 0.0727 e. The molecule has 8 aromatic rings. The van der Waals surface area contributed by atoms with E-state index < -0.39 is 0 Å². The van der Waals surface area contributed by atoms with Gasteiger partial charge in [-0.1, -0.05) is 104 Å². The number of para-hydroxylation sites is 2. The summed E-state index contributed by atoms with van der Waals surface area (Å²) in [5.41, 5.74) is 14.5. The quantitative estimate of drug-likeness (QED) is 0.171. The minimum Gasteiger partial charge on any atom is -0.309 e. The van der Waals surface area contributed by atoms with E-state index in [9.17, 15) is 0 Å². The molecule has 2 aliphatic carbocycles. The van der Waals surface area contributed by atoms with Crippen LogP contribution in [0.4, 0.5) is 0 Å². The topological polar surface area (TPSA) is 9.86 Å². The fourth-order valence-electron chi connectivity index (χ4n) is 8.65. The van der Waals surface area contributed by atoms with Crippen molar-refractivity contribution in [1.29, 1.82) is 0 Å². The molecule has 0 N–H and O–H groups in total. The lowest BCUT2D eigenvalue weighted by Crippen LogP contribution is -2.02. The largest absolute Gasteiger partial charge is 0.309 e. The van der Waals surface area contributed by atoms with Crippen LogP contribution < -0.4 is 0 Å². The van der Waals surface area contributed by atoms with Crippen LogP contribution in [0.5, 0.6) is 0 Å². The average Bonchev–Trinajstić information content (AvgIpc) is 3.85. The van der Waals surface area contributed by atoms with E-state index >= 15 is 0 Å². The molecule has 0 radical (unpaired) electrons. The molecule has 3 heterocycles. The van der Waals surface area contributed by atoms with Gasteiger partial charge in [-0.15, -0.1) is 11.3 Å². The normalized spacial score (nSPS) is 16.0. The molecule has 0 amide bonds. The van der Waals surface area contributed by atoms with Crippen molar-refractivity contribution in [2.75, 3.05) is 0 Å². The zero-order chi connectivity index (χ0) is 32.1. The predicted octanol–water partition coefficient (Wildman–Crippen LogP) is 12.7. The molecule has 1 atom stereocenters. The Bertz CT molecular complexity index is 2760. The van der Waals surface area contributed by atoms with Crippen molar-refractivity contribution in [3.05, 3.63) is 156 Å². The summed E-state index contributed by atoms with van der Waals surface area (Å²) in [7, 11) is 0. The van der Waals surface area contributed by atoms with Crippen LogP contribution in [0.1, 0.15) is 48.6 Å². The molecule has 10 rings (SSSR count). The highest BCUT2D eigenvalue weighted by molar-refractivity contribution is 7.27. The van der Waals surface area contributed by atoms with Crippen molar-refractivity contribution in [3.8, 4) is 11.4 Å². The van der Waals surface area contributed by atoms with Gasteiger partial charge in [-0.25, -0.2) is 0 Å². The summed E-state index contributed by atoms with van der Waals surface area (Å²) >= 11 is 1.93. The molecule has 3 aromatic heterocycles. The second-order valence-electron chi connectivity index (χ2n) is 13.4. The van der Waals surface area contributed by atoms with Crippen LogP contribution >= 0.6 is 11.3 Å². The summed E-state index contributed by atoms with van der Waals surface area (Å²) in [4.78, 5) is 0. The van der Waals surface area contributed by atoms with E-state index in [1.54, 1.807) is 0 Å². The molecule has 48 heavy (non-hydrogen) atoms. The van der Waals surface area contributed by atoms with Gasteiger partial charge in [0.25, 0.3) is 0 Å². The molecule has 3 heteroatoms. The SMILES string of the molecule is C=C/C=C\C1=C(C)Cc2ccc(-n3c4ccccc4c4c5c6c(n(-c7ccccc7)c5c5c7ccccc7sc5c43)C=CCC6C)cc21. The Morgan fingerprint density at radius 2 is 1.58 bits per heavy atom. The molecule has 0 spiro atoms. The van der Waals surface area contributed by atoms with Gasteiger partial charge in [0.2, 0.25) is 0 Å². The standard InChI is InChI=1S/C45H34N2S/c1-4-5-17-32-28(3)25-29-23-24-31(26-35(29)32)47-36-20-11-9-18-33(36)40-42-39-27(2)14-13-21-37(39)46(30-15-7-6-8-16-30)43(42)41-34-19-10-12-22-38(34)48-45(41)44(40)47/h4-13,15-24,26-27H,1,14,25H2,2-3H3/b17-5-. The van der Waals surface area contributed by atoms with Gasteiger partial charge in [0.05, 0.1) is 26.9 Å². The van der Waals surface area contributed by atoms with Gasteiger partial charge < -0.3 is 9.13 Å². The minimum absolute atomic E-state index is 0.400. The van der Waals surface area contributed by atoms with Crippen LogP contribution in [0.25, 0.3) is 75.9 Å². The van der Waals surface area contributed by atoms with Gasteiger partial charge in [-0.3, -0.25) is 0 Å². The third kappa shape index (κ3) is 3.68. The molecular weight excluding hydrogens is 601 g/mol. The van der Waals surface area contributed by atoms with Gasteiger partial charge >= 0.3 is 0 Å². The molecule has 0 aliphatic heterocycles. The van der Waals surface area contributed by atoms with Crippen molar-refractivity contribution in [1.82, 2.24) is 9.13 Å². The molecule has 0 saturated carbocycles. The summed E-state index contributed by atoms with van der Waals surface area (Å²) in [6.07, 6.45) is 12.9. The molecular formula is C45H34N2S. The fraction of sp³-hybridized carbons (Fsp3) is 0.111. The van der Waals surface area contributed by atoms with Crippen LogP contribution in [0.2, 0.25) is 0 Å². The number of allylic oxidation sites excluding steroid dienone is 6. The second kappa shape index (κ2) is 10.3. The number of fused-ring (bicyclic) bond motifs is 13. The lowest BCUT2D eigenvalue weighted by molar-refractivity contribution is 0.773. The Kier molecular flexibility index (Phi) is 5.95. The van der Waals surface area contributed by atoms with Crippen molar-refractivity contribution >= 4 is 75.9 Å². The minimum atomic E-state index is 0.400. The summed E-state index contributed by atoms with van der Waals surface area (Å²) in [5.74, 6) is 0.400. The summed E-state index contributed by atoms with van der Waals surface area (Å²) in [6, 6.07) is 36.2. The van der Waals surface area contributed by atoms with Gasteiger partial charge in [0.1, 0.15) is 0 Å². The first-order chi connectivity index (χ1) is 23.6. The average molecular weight is 635 g/mol. The molecule has 2 nitrogen and oxygen atoms in total. The van der Waals surface area contributed by atoms with E-state index in [0.717, 1.165) is 12.8 Å². The van der Waals surface area contributed by atoms with Crippen LogP contribution in [-0.2, 0) is 6.42 Å². The first-order valence-electron chi connectivity index (χ1n) is 16.9. The highest BCUT2D eigenvalue weighted by Gasteiger charge is 2.31. The molecule has 5 aromatic carbocycles. The van der Waals surface area contributed by atoms with E-state index in [-0.39, 0.29) is 0 Å². The second-order valence-corrected chi connectivity index (χ2v) is 14.5. The van der Waals surface area contributed by atoms with Crippen molar-refractivity contribution in [3.63, 3.8) is 0 Å². The number of rotatable bonds is 4. The lowest BCUT2D eigenvalue weighted by Gasteiger charge is -2.16. The van der Waals surface area contributed by atoms with Gasteiger partial charge in [0.15, 0.2) is 0 Å². The van der Waals surface area contributed by atoms with Crippen LogP contribution in [0, 0.1) is 0 Å². The maximum Gasteiger partial charge on any atom is 0.0727 e.